The summed E-state index contributed by atoms with van der Waals surface area (Å²) in [6.45, 7) is 7.48. The molecule has 2 saturated carbocycles. The van der Waals surface area contributed by atoms with Gasteiger partial charge in [0.25, 0.3) is 0 Å². The van der Waals surface area contributed by atoms with Gasteiger partial charge in [0.05, 0.1) is 6.10 Å². The van der Waals surface area contributed by atoms with Gasteiger partial charge in [-0.15, -0.1) is 0 Å². The summed E-state index contributed by atoms with van der Waals surface area (Å²) in [5.41, 5.74) is 3.84. The molecule has 24 heavy (non-hydrogen) atoms. The van der Waals surface area contributed by atoms with E-state index in [1.807, 2.05) is 6.08 Å². The minimum absolute atomic E-state index is 0.150. The maximum absolute atomic E-state index is 10.0. The molecule has 0 aromatic heterocycles. The van der Waals surface area contributed by atoms with Crippen LogP contribution in [0.2, 0.25) is 0 Å². The zero-order chi connectivity index (χ0) is 17.1. The molecule has 0 radical (unpaired) electrons. The van der Waals surface area contributed by atoms with Crippen molar-refractivity contribution in [2.24, 2.45) is 34.5 Å². The molecule has 132 valence electrons. The first-order valence-corrected chi connectivity index (χ1v) is 11.3. The van der Waals surface area contributed by atoms with E-state index in [-0.39, 0.29) is 11.5 Å². The fourth-order valence-corrected chi connectivity index (χ4v) is 7.29. The minimum atomic E-state index is -0.284. The molecule has 4 aliphatic carbocycles. The van der Waals surface area contributed by atoms with Crippen LogP contribution in [0.4, 0.5) is 0 Å². The quantitative estimate of drug-likeness (QED) is 0.334. The molecule has 2 heteroatoms. The average Bonchev–Trinajstić information content (AvgIpc) is 2.92. The molecule has 4 aliphatic rings. The smallest absolute Gasteiger partial charge is 0.0758 e. The molecule has 0 aromatic carbocycles. The van der Waals surface area contributed by atoms with Gasteiger partial charge in [0.15, 0.2) is 0 Å². The van der Waals surface area contributed by atoms with Gasteiger partial charge in [-0.2, -0.15) is 0 Å². The van der Waals surface area contributed by atoms with Gasteiger partial charge in [-0.1, -0.05) is 78.8 Å². The number of hydrogen-bond donors (Lipinski definition) is 1. The Morgan fingerprint density at radius 3 is 2.75 bits per heavy atom. The molecule has 1 nitrogen and oxygen atoms in total. The highest BCUT2D eigenvalue weighted by Crippen LogP contribution is 2.65. The van der Waals surface area contributed by atoms with Crippen LogP contribution in [-0.2, 0) is 0 Å². The van der Waals surface area contributed by atoms with Crippen LogP contribution in [-0.4, -0.2) is 15.6 Å². The van der Waals surface area contributed by atoms with Gasteiger partial charge in [-0.05, 0) is 61.2 Å². The maximum Gasteiger partial charge on any atom is 0.0758 e. The number of aliphatic hydroxyl groups is 1. The van der Waals surface area contributed by atoms with E-state index in [0.29, 0.717) is 11.3 Å². The van der Waals surface area contributed by atoms with Crippen molar-refractivity contribution in [3.63, 3.8) is 0 Å². The Balaban J connectivity index is 1.70. The van der Waals surface area contributed by atoms with Crippen LogP contribution in [0.1, 0.15) is 52.9 Å². The van der Waals surface area contributed by atoms with E-state index in [0.717, 1.165) is 24.2 Å². The Labute approximate surface area is 160 Å². The van der Waals surface area contributed by atoms with Crippen LogP contribution < -0.4 is 0 Å². The van der Waals surface area contributed by atoms with Gasteiger partial charge in [0.2, 0.25) is 0 Å². The predicted octanol–water partition coefficient (Wildman–Crippen LogP) is 5.69. The van der Waals surface area contributed by atoms with Crippen molar-refractivity contribution in [2.45, 2.75) is 59.0 Å². The summed E-state index contributed by atoms with van der Waals surface area (Å²) >= 11 is 2.58. The van der Waals surface area contributed by atoms with E-state index in [1.165, 1.54) is 35.7 Å². The van der Waals surface area contributed by atoms with Gasteiger partial charge < -0.3 is 5.11 Å². The van der Waals surface area contributed by atoms with E-state index in [4.69, 9.17) is 0 Å². The second-order valence-corrected chi connectivity index (χ2v) is 10.1. The van der Waals surface area contributed by atoms with Crippen molar-refractivity contribution in [2.75, 3.05) is 4.43 Å². The van der Waals surface area contributed by atoms with Crippen LogP contribution in [0.3, 0.4) is 0 Å². The standard InChI is InChI=1S/C22H31IO/c1-14(13-23)18-6-7-19-17-5-4-15-12-16(24)8-10-21(15,2)20(17)9-11-22(18,19)3/h4-5,8,10,14,16,18-20,24H,6-7,9,11-13H2,1-3H3/t14-,16-,18+,19-,20+,21-,22+/m1/s1. The minimum Gasteiger partial charge on any atom is -0.389 e. The molecule has 0 heterocycles. The molecule has 0 aliphatic heterocycles. The third-order valence-electron chi connectivity index (χ3n) is 8.10. The first-order valence-electron chi connectivity index (χ1n) is 9.74. The van der Waals surface area contributed by atoms with Crippen LogP contribution in [0.25, 0.3) is 0 Å². The number of halogens is 1. The number of aliphatic hydroxyl groups excluding tert-OH is 1. The highest BCUT2D eigenvalue weighted by atomic mass is 127. The summed E-state index contributed by atoms with van der Waals surface area (Å²) in [6, 6.07) is 0. The molecule has 0 unspecified atom stereocenters. The summed E-state index contributed by atoms with van der Waals surface area (Å²) < 4.78 is 1.29. The lowest BCUT2D eigenvalue weighted by atomic mass is 9.51. The van der Waals surface area contributed by atoms with Crippen molar-refractivity contribution >= 4 is 22.6 Å². The molecule has 7 atom stereocenters. The van der Waals surface area contributed by atoms with Gasteiger partial charge >= 0.3 is 0 Å². The van der Waals surface area contributed by atoms with Crippen LogP contribution in [0, 0.1) is 34.5 Å². The monoisotopic (exact) mass is 438 g/mol. The van der Waals surface area contributed by atoms with E-state index in [9.17, 15) is 5.11 Å². The Morgan fingerprint density at radius 1 is 1.21 bits per heavy atom. The van der Waals surface area contributed by atoms with Crippen LogP contribution in [0.15, 0.2) is 35.5 Å². The van der Waals surface area contributed by atoms with E-state index in [1.54, 1.807) is 5.57 Å². The van der Waals surface area contributed by atoms with Crippen molar-refractivity contribution in [1.82, 2.24) is 0 Å². The Hall–Kier alpha value is -0.0900. The SMILES string of the molecule is C[C@H](CI)[C@@H]1CC[C@@H]2C3=CC=C4C[C@H](O)C=C[C@@]4(C)[C@H]3CC[C@]21C. The summed E-state index contributed by atoms with van der Waals surface area (Å²) in [5.74, 6) is 3.17. The van der Waals surface area contributed by atoms with Crippen LogP contribution in [0.5, 0.6) is 0 Å². The summed E-state index contributed by atoms with van der Waals surface area (Å²) in [7, 11) is 0. The highest BCUT2D eigenvalue weighted by Gasteiger charge is 2.56. The number of rotatable bonds is 2. The average molecular weight is 438 g/mol. The topological polar surface area (TPSA) is 20.2 Å². The molecule has 0 amide bonds. The number of alkyl halides is 1. The molecule has 0 bridgehead atoms. The van der Waals surface area contributed by atoms with Crippen molar-refractivity contribution < 1.29 is 5.11 Å². The van der Waals surface area contributed by atoms with Crippen molar-refractivity contribution in [3.05, 3.63) is 35.5 Å². The number of allylic oxidation sites excluding steroid dienone is 4. The Morgan fingerprint density at radius 2 is 2.00 bits per heavy atom. The van der Waals surface area contributed by atoms with E-state index < -0.39 is 0 Å². The fourth-order valence-electron chi connectivity index (χ4n) is 6.67. The van der Waals surface area contributed by atoms with E-state index >= 15 is 0 Å². The van der Waals surface area contributed by atoms with E-state index in [2.05, 4.69) is 61.6 Å². The molecule has 2 fully saturated rings. The van der Waals surface area contributed by atoms with Crippen LogP contribution >= 0.6 is 22.6 Å². The largest absolute Gasteiger partial charge is 0.389 e. The van der Waals surface area contributed by atoms with Gasteiger partial charge in [-0.25, -0.2) is 0 Å². The Kier molecular flexibility index (Phi) is 4.31. The lowest BCUT2D eigenvalue weighted by Gasteiger charge is -2.53. The molecular formula is C22H31IO. The fraction of sp³-hybridized carbons (Fsp3) is 0.727. The maximum atomic E-state index is 10.0. The first kappa shape index (κ1) is 17.3. The zero-order valence-electron chi connectivity index (χ0n) is 15.3. The number of hydrogen-bond acceptors (Lipinski definition) is 1. The Bertz CT molecular complexity index is 617. The van der Waals surface area contributed by atoms with Gasteiger partial charge in [0, 0.05) is 9.84 Å². The molecule has 0 spiro atoms. The van der Waals surface area contributed by atoms with Crippen molar-refractivity contribution in [3.8, 4) is 0 Å². The number of fused-ring (bicyclic) bond motifs is 5. The lowest BCUT2D eigenvalue weighted by Crippen LogP contribution is -2.45. The molecule has 4 rings (SSSR count). The summed E-state index contributed by atoms with van der Waals surface area (Å²) in [4.78, 5) is 0. The first-order chi connectivity index (χ1) is 11.4. The third-order valence-corrected chi connectivity index (χ3v) is 9.49. The van der Waals surface area contributed by atoms with Gasteiger partial charge in [-0.3, -0.25) is 0 Å². The summed E-state index contributed by atoms with van der Waals surface area (Å²) in [6.07, 6.45) is 15.2. The lowest BCUT2D eigenvalue weighted by molar-refractivity contribution is 0.0676. The molecule has 1 N–H and O–H groups in total. The predicted molar refractivity (Wildman–Crippen MR) is 109 cm³/mol. The highest BCUT2D eigenvalue weighted by molar-refractivity contribution is 14.1. The third kappa shape index (κ3) is 2.35. The summed E-state index contributed by atoms with van der Waals surface area (Å²) in [5, 5.41) is 10.0. The van der Waals surface area contributed by atoms with Gasteiger partial charge in [0.1, 0.15) is 0 Å². The second-order valence-electron chi connectivity index (χ2n) is 9.24. The van der Waals surface area contributed by atoms with Crippen molar-refractivity contribution in [1.29, 1.82) is 0 Å². The zero-order valence-corrected chi connectivity index (χ0v) is 17.4. The molecular weight excluding hydrogens is 407 g/mol. The second kappa shape index (κ2) is 5.97. The molecule has 0 saturated heterocycles. The molecule has 0 aromatic rings. The normalized spacial score (nSPS) is 48.0.